The highest BCUT2D eigenvalue weighted by Gasteiger charge is 2.06. The summed E-state index contributed by atoms with van der Waals surface area (Å²) in [5.41, 5.74) is 4.27. The van der Waals surface area contributed by atoms with Crippen LogP contribution in [0.3, 0.4) is 0 Å². The third kappa shape index (κ3) is 4.36. The highest BCUT2D eigenvalue weighted by Crippen LogP contribution is 2.19. The number of nitrogens with zero attached hydrogens (tertiary/aromatic N) is 1. The molecule has 3 rings (SSSR count). The summed E-state index contributed by atoms with van der Waals surface area (Å²) in [6, 6.07) is 19.9. The molecule has 1 heterocycles. The number of pyridine rings is 1. The van der Waals surface area contributed by atoms with Gasteiger partial charge in [0.05, 0.1) is 0 Å². The fraction of sp³-hybridized carbons (Fsp3) is 0.100. The number of ketones is 1. The minimum atomic E-state index is 0.220. The molecule has 0 aliphatic heterocycles. The molecule has 0 amide bonds. The van der Waals surface area contributed by atoms with Crippen LogP contribution in [0.25, 0.3) is 11.1 Å². The molecule has 0 atom stereocenters. The van der Waals surface area contributed by atoms with E-state index in [2.05, 4.69) is 20.9 Å². The van der Waals surface area contributed by atoms with Crippen molar-refractivity contribution in [1.29, 1.82) is 0 Å². The molecule has 0 N–H and O–H groups in total. The van der Waals surface area contributed by atoms with Crippen LogP contribution in [0.1, 0.15) is 11.1 Å². The third-order valence-corrected chi connectivity index (χ3v) is 4.13. The van der Waals surface area contributed by atoms with Gasteiger partial charge in [0.2, 0.25) is 0 Å². The standard InChI is InChI=1S/C20H16BrNO/c21-19-5-1-3-16(11-19)13-20(23)12-15-6-8-17(9-7-15)18-4-2-10-22-14-18/h1-11,14H,12-13H2. The van der Waals surface area contributed by atoms with Gasteiger partial charge in [-0.2, -0.15) is 0 Å². The SMILES string of the molecule is O=C(Cc1ccc(-c2cccnc2)cc1)Cc1cccc(Br)c1. The Kier molecular flexibility index (Phi) is 4.99. The van der Waals surface area contributed by atoms with Gasteiger partial charge in [-0.1, -0.05) is 58.4 Å². The molecule has 0 radical (unpaired) electrons. The Bertz CT molecular complexity index is 797. The van der Waals surface area contributed by atoms with Gasteiger partial charge in [-0.25, -0.2) is 0 Å². The van der Waals surface area contributed by atoms with E-state index in [0.29, 0.717) is 12.8 Å². The van der Waals surface area contributed by atoms with Gasteiger partial charge in [-0.3, -0.25) is 9.78 Å². The van der Waals surface area contributed by atoms with Crippen molar-refractivity contribution in [2.45, 2.75) is 12.8 Å². The van der Waals surface area contributed by atoms with Crippen molar-refractivity contribution in [1.82, 2.24) is 4.98 Å². The Morgan fingerprint density at radius 1 is 0.870 bits per heavy atom. The van der Waals surface area contributed by atoms with Gasteiger partial charge in [0, 0.05) is 29.7 Å². The molecule has 3 aromatic rings. The summed E-state index contributed by atoms with van der Waals surface area (Å²) in [6.45, 7) is 0. The van der Waals surface area contributed by atoms with Crippen molar-refractivity contribution in [3.05, 3.63) is 88.7 Å². The molecule has 0 aliphatic rings. The second-order valence-corrected chi connectivity index (χ2v) is 6.38. The molecule has 2 nitrogen and oxygen atoms in total. The van der Waals surface area contributed by atoms with Gasteiger partial charge >= 0.3 is 0 Å². The molecule has 23 heavy (non-hydrogen) atoms. The fourth-order valence-corrected chi connectivity index (χ4v) is 2.96. The summed E-state index contributed by atoms with van der Waals surface area (Å²) in [7, 11) is 0. The Balaban J connectivity index is 1.65. The first-order valence-corrected chi connectivity index (χ1v) is 8.25. The average molecular weight is 366 g/mol. The summed E-state index contributed by atoms with van der Waals surface area (Å²) < 4.78 is 1.00. The zero-order valence-corrected chi connectivity index (χ0v) is 14.2. The fourth-order valence-electron chi connectivity index (χ4n) is 2.51. The van der Waals surface area contributed by atoms with Gasteiger partial charge in [-0.15, -0.1) is 0 Å². The van der Waals surface area contributed by atoms with E-state index in [4.69, 9.17) is 0 Å². The summed E-state index contributed by atoms with van der Waals surface area (Å²) in [5, 5.41) is 0. The van der Waals surface area contributed by atoms with Crippen molar-refractivity contribution >= 4 is 21.7 Å². The van der Waals surface area contributed by atoms with Gasteiger partial charge in [0.1, 0.15) is 5.78 Å². The van der Waals surface area contributed by atoms with Crippen LogP contribution in [-0.4, -0.2) is 10.8 Å². The molecule has 2 aromatic carbocycles. The molecule has 0 saturated carbocycles. The van der Waals surface area contributed by atoms with Crippen LogP contribution in [-0.2, 0) is 17.6 Å². The largest absolute Gasteiger partial charge is 0.299 e. The van der Waals surface area contributed by atoms with Crippen LogP contribution in [0.4, 0.5) is 0 Å². The van der Waals surface area contributed by atoms with Gasteiger partial charge < -0.3 is 0 Å². The number of carbonyl (C=O) groups excluding carboxylic acids is 1. The van der Waals surface area contributed by atoms with E-state index >= 15 is 0 Å². The minimum Gasteiger partial charge on any atom is -0.299 e. The summed E-state index contributed by atoms with van der Waals surface area (Å²) >= 11 is 3.43. The smallest absolute Gasteiger partial charge is 0.141 e. The lowest BCUT2D eigenvalue weighted by atomic mass is 10.0. The monoisotopic (exact) mass is 365 g/mol. The number of carbonyl (C=O) groups is 1. The second-order valence-electron chi connectivity index (χ2n) is 5.46. The first-order chi connectivity index (χ1) is 11.2. The molecular formula is C20H16BrNO. The first kappa shape index (κ1) is 15.6. The summed E-state index contributed by atoms with van der Waals surface area (Å²) in [5.74, 6) is 0.220. The topological polar surface area (TPSA) is 30.0 Å². The van der Waals surface area contributed by atoms with Gasteiger partial charge in [0.15, 0.2) is 0 Å². The summed E-state index contributed by atoms with van der Waals surface area (Å²) in [6.07, 6.45) is 4.52. The molecule has 0 unspecified atom stereocenters. The predicted octanol–water partition coefficient (Wildman–Crippen LogP) is 4.87. The van der Waals surface area contributed by atoms with E-state index in [0.717, 1.165) is 26.7 Å². The third-order valence-electron chi connectivity index (χ3n) is 3.64. The molecule has 0 bridgehead atoms. The first-order valence-electron chi connectivity index (χ1n) is 7.46. The lowest BCUT2D eigenvalue weighted by Crippen LogP contribution is -2.06. The number of hydrogen-bond donors (Lipinski definition) is 0. The highest BCUT2D eigenvalue weighted by atomic mass is 79.9. The number of hydrogen-bond acceptors (Lipinski definition) is 2. The molecule has 0 saturated heterocycles. The molecule has 3 heteroatoms. The van der Waals surface area contributed by atoms with Crippen molar-refractivity contribution in [3.63, 3.8) is 0 Å². The molecule has 0 fully saturated rings. The van der Waals surface area contributed by atoms with Crippen LogP contribution in [0.5, 0.6) is 0 Å². The van der Waals surface area contributed by atoms with Crippen molar-refractivity contribution in [2.24, 2.45) is 0 Å². The van der Waals surface area contributed by atoms with Crippen LogP contribution >= 0.6 is 15.9 Å². The van der Waals surface area contributed by atoms with Crippen LogP contribution in [0.2, 0.25) is 0 Å². The van der Waals surface area contributed by atoms with Crippen molar-refractivity contribution in [3.8, 4) is 11.1 Å². The van der Waals surface area contributed by atoms with Gasteiger partial charge in [-0.05, 0) is 40.5 Å². The van der Waals surface area contributed by atoms with E-state index in [1.165, 1.54) is 0 Å². The zero-order valence-electron chi connectivity index (χ0n) is 12.6. The van der Waals surface area contributed by atoms with E-state index in [1.807, 2.05) is 66.9 Å². The number of benzene rings is 2. The van der Waals surface area contributed by atoms with E-state index < -0.39 is 0 Å². The van der Waals surface area contributed by atoms with E-state index in [1.54, 1.807) is 6.20 Å². The van der Waals surface area contributed by atoms with E-state index in [9.17, 15) is 4.79 Å². The minimum absolute atomic E-state index is 0.220. The second kappa shape index (κ2) is 7.34. The molecular weight excluding hydrogens is 350 g/mol. The Morgan fingerprint density at radius 3 is 2.35 bits per heavy atom. The predicted molar refractivity (Wildman–Crippen MR) is 96.2 cm³/mol. The molecule has 1 aromatic heterocycles. The molecule has 0 aliphatic carbocycles. The lowest BCUT2D eigenvalue weighted by molar-refractivity contribution is -0.117. The number of rotatable bonds is 5. The van der Waals surface area contributed by atoms with Crippen molar-refractivity contribution < 1.29 is 4.79 Å². The van der Waals surface area contributed by atoms with Gasteiger partial charge in [0.25, 0.3) is 0 Å². The number of halogens is 1. The maximum atomic E-state index is 12.2. The quantitative estimate of drug-likeness (QED) is 0.645. The highest BCUT2D eigenvalue weighted by molar-refractivity contribution is 9.10. The normalized spacial score (nSPS) is 10.5. The van der Waals surface area contributed by atoms with Crippen LogP contribution < -0.4 is 0 Å². The number of Topliss-reactive ketones (excluding diaryl/α,β-unsaturated/α-hetero) is 1. The lowest BCUT2D eigenvalue weighted by Gasteiger charge is -2.05. The Hall–Kier alpha value is -2.26. The Morgan fingerprint density at radius 2 is 1.65 bits per heavy atom. The molecule has 114 valence electrons. The Labute approximate surface area is 144 Å². The van der Waals surface area contributed by atoms with Crippen LogP contribution in [0.15, 0.2) is 77.5 Å². The average Bonchev–Trinajstić information content (AvgIpc) is 2.56. The van der Waals surface area contributed by atoms with E-state index in [-0.39, 0.29) is 5.78 Å². The summed E-state index contributed by atoms with van der Waals surface area (Å²) in [4.78, 5) is 16.4. The number of aromatic nitrogens is 1. The zero-order chi connectivity index (χ0) is 16.1. The molecule has 0 spiro atoms. The maximum absolute atomic E-state index is 12.2. The van der Waals surface area contributed by atoms with Crippen LogP contribution in [0, 0.1) is 0 Å². The van der Waals surface area contributed by atoms with Crippen molar-refractivity contribution in [2.75, 3.05) is 0 Å². The maximum Gasteiger partial charge on any atom is 0.141 e.